The number of hydrogen-bond acceptors (Lipinski definition) is 6. The van der Waals surface area contributed by atoms with E-state index in [1.807, 2.05) is 48.5 Å². The Morgan fingerprint density at radius 3 is 2.67 bits per heavy atom. The number of ether oxygens (including phenoxy) is 2. The molecule has 1 saturated heterocycles. The van der Waals surface area contributed by atoms with Crippen LogP contribution < -0.4 is 9.47 Å². The molecule has 0 unspecified atom stereocenters. The summed E-state index contributed by atoms with van der Waals surface area (Å²) in [5.74, 6) is 2.55. The predicted octanol–water partition coefficient (Wildman–Crippen LogP) is 4.16. The highest BCUT2D eigenvalue weighted by atomic mass is 16.5. The molecule has 0 saturated carbocycles. The molecule has 2 heterocycles. The van der Waals surface area contributed by atoms with Crippen molar-refractivity contribution < 1.29 is 18.8 Å². The van der Waals surface area contributed by atoms with Gasteiger partial charge >= 0.3 is 0 Å². The van der Waals surface area contributed by atoms with Gasteiger partial charge in [-0.3, -0.25) is 4.79 Å². The Bertz CT molecular complexity index is 994. The van der Waals surface area contributed by atoms with Crippen molar-refractivity contribution in [1.29, 1.82) is 0 Å². The molecule has 2 aromatic carbocycles. The van der Waals surface area contributed by atoms with E-state index >= 15 is 0 Å². The number of aromatic nitrogens is 2. The molecule has 0 N–H and O–H groups in total. The minimum absolute atomic E-state index is 0.00387. The zero-order chi connectivity index (χ0) is 20.9. The number of rotatable bonds is 8. The lowest BCUT2D eigenvalue weighted by atomic mass is 9.98. The molecule has 7 nitrogen and oxygen atoms in total. The van der Waals surface area contributed by atoms with Crippen LogP contribution in [-0.2, 0) is 0 Å². The molecule has 1 aliphatic heterocycles. The van der Waals surface area contributed by atoms with E-state index in [1.54, 1.807) is 12.0 Å². The van der Waals surface area contributed by atoms with Crippen LogP contribution in [0.5, 0.6) is 11.5 Å². The van der Waals surface area contributed by atoms with Crippen molar-refractivity contribution >= 4 is 5.91 Å². The predicted molar refractivity (Wildman–Crippen MR) is 112 cm³/mol. The van der Waals surface area contributed by atoms with Crippen LogP contribution >= 0.6 is 0 Å². The van der Waals surface area contributed by atoms with E-state index in [9.17, 15) is 4.79 Å². The molecule has 0 atom stereocenters. The van der Waals surface area contributed by atoms with Crippen LogP contribution in [0.3, 0.4) is 0 Å². The van der Waals surface area contributed by atoms with Gasteiger partial charge in [-0.1, -0.05) is 30.6 Å². The molecule has 0 bridgehead atoms. The Kier molecular flexibility index (Phi) is 5.97. The third-order valence-corrected chi connectivity index (χ3v) is 5.18. The lowest BCUT2D eigenvalue weighted by Crippen LogP contribution is -2.48. The SMILES string of the molecule is CCCCOc1ccc(C(=O)N2CC(c3nc(-c4ccccc4OC)no3)C2)cc1. The summed E-state index contributed by atoms with van der Waals surface area (Å²) in [6.07, 6.45) is 2.11. The number of methoxy groups -OCH3 is 1. The van der Waals surface area contributed by atoms with E-state index in [0.717, 1.165) is 24.2 Å². The first-order valence-electron chi connectivity index (χ1n) is 10.2. The van der Waals surface area contributed by atoms with Crippen molar-refractivity contribution in [3.05, 3.63) is 60.0 Å². The van der Waals surface area contributed by atoms with Gasteiger partial charge in [0, 0.05) is 18.7 Å². The van der Waals surface area contributed by atoms with E-state index in [4.69, 9.17) is 14.0 Å². The molecular weight excluding hydrogens is 382 g/mol. The third-order valence-electron chi connectivity index (χ3n) is 5.18. The Morgan fingerprint density at radius 2 is 1.93 bits per heavy atom. The highest BCUT2D eigenvalue weighted by molar-refractivity contribution is 5.95. The number of unbranched alkanes of at least 4 members (excludes halogenated alkanes) is 1. The maximum atomic E-state index is 12.7. The Hall–Kier alpha value is -3.35. The second-order valence-electron chi connectivity index (χ2n) is 7.29. The molecule has 1 aliphatic rings. The number of amides is 1. The summed E-state index contributed by atoms with van der Waals surface area (Å²) < 4.78 is 16.5. The number of benzene rings is 2. The van der Waals surface area contributed by atoms with Gasteiger partial charge in [0.15, 0.2) is 0 Å². The van der Waals surface area contributed by atoms with Gasteiger partial charge in [-0.25, -0.2) is 0 Å². The number of likely N-dealkylation sites (tertiary alicyclic amines) is 1. The molecule has 156 valence electrons. The minimum atomic E-state index is -0.00387. The average molecular weight is 407 g/mol. The summed E-state index contributed by atoms with van der Waals surface area (Å²) in [7, 11) is 1.61. The minimum Gasteiger partial charge on any atom is -0.496 e. The summed E-state index contributed by atoms with van der Waals surface area (Å²) in [5.41, 5.74) is 1.43. The fourth-order valence-electron chi connectivity index (χ4n) is 3.35. The van der Waals surface area contributed by atoms with Crippen molar-refractivity contribution in [2.45, 2.75) is 25.7 Å². The molecule has 1 fully saturated rings. The van der Waals surface area contributed by atoms with Crippen LogP contribution in [0.4, 0.5) is 0 Å². The number of carbonyl (C=O) groups excluding carboxylic acids is 1. The lowest BCUT2D eigenvalue weighted by molar-refractivity contribution is 0.0569. The van der Waals surface area contributed by atoms with Crippen LogP contribution in [0.2, 0.25) is 0 Å². The maximum absolute atomic E-state index is 12.7. The monoisotopic (exact) mass is 407 g/mol. The molecule has 0 spiro atoms. The molecule has 1 amide bonds. The van der Waals surface area contributed by atoms with Crippen molar-refractivity contribution in [1.82, 2.24) is 15.0 Å². The Labute approximate surface area is 175 Å². The summed E-state index contributed by atoms with van der Waals surface area (Å²) in [6.45, 7) is 3.93. The fourth-order valence-corrected chi connectivity index (χ4v) is 3.35. The van der Waals surface area contributed by atoms with E-state index in [2.05, 4.69) is 17.1 Å². The zero-order valence-corrected chi connectivity index (χ0v) is 17.2. The lowest BCUT2D eigenvalue weighted by Gasteiger charge is -2.37. The van der Waals surface area contributed by atoms with Crippen LogP contribution in [0.15, 0.2) is 53.1 Å². The summed E-state index contributed by atoms with van der Waals surface area (Å²) in [4.78, 5) is 19.0. The van der Waals surface area contributed by atoms with Crippen LogP contribution in [0, 0.1) is 0 Å². The Balaban J connectivity index is 1.35. The van der Waals surface area contributed by atoms with Crippen molar-refractivity contribution in [3.63, 3.8) is 0 Å². The number of carbonyl (C=O) groups is 1. The van der Waals surface area contributed by atoms with Gasteiger partial charge < -0.3 is 18.9 Å². The van der Waals surface area contributed by atoms with E-state index in [-0.39, 0.29) is 11.8 Å². The molecule has 0 aliphatic carbocycles. The highest BCUT2D eigenvalue weighted by Crippen LogP contribution is 2.31. The van der Waals surface area contributed by atoms with Gasteiger partial charge in [0.1, 0.15) is 11.5 Å². The second-order valence-corrected chi connectivity index (χ2v) is 7.29. The van der Waals surface area contributed by atoms with E-state index in [0.29, 0.717) is 42.7 Å². The number of hydrogen-bond donors (Lipinski definition) is 0. The van der Waals surface area contributed by atoms with Gasteiger partial charge in [0.2, 0.25) is 11.7 Å². The van der Waals surface area contributed by atoms with Crippen molar-refractivity contribution in [3.8, 4) is 22.9 Å². The zero-order valence-electron chi connectivity index (χ0n) is 17.2. The van der Waals surface area contributed by atoms with Gasteiger partial charge in [-0.05, 0) is 42.8 Å². The van der Waals surface area contributed by atoms with Crippen molar-refractivity contribution in [2.24, 2.45) is 0 Å². The van der Waals surface area contributed by atoms with E-state index < -0.39 is 0 Å². The molecule has 4 rings (SSSR count). The third kappa shape index (κ3) is 4.15. The Morgan fingerprint density at radius 1 is 1.17 bits per heavy atom. The van der Waals surface area contributed by atoms with Crippen molar-refractivity contribution in [2.75, 3.05) is 26.8 Å². The summed E-state index contributed by atoms with van der Waals surface area (Å²) in [5, 5.41) is 4.08. The molecule has 7 heteroatoms. The van der Waals surface area contributed by atoms with Gasteiger partial charge in [0.05, 0.1) is 25.2 Å². The van der Waals surface area contributed by atoms with Crippen LogP contribution in [-0.4, -0.2) is 47.8 Å². The molecule has 0 radical (unpaired) electrons. The quantitative estimate of drug-likeness (QED) is 0.522. The summed E-state index contributed by atoms with van der Waals surface area (Å²) in [6, 6.07) is 14.8. The molecule has 3 aromatic rings. The molecule has 1 aromatic heterocycles. The first-order chi connectivity index (χ1) is 14.7. The largest absolute Gasteiger partial charge is 0.496 e. The number of para-hydroxylation sites is 1. The second kappa shape index (κ2) is 8.98. The van der Waals surface area contributed by atoms with Crippen LogP contribution in [0.25, 0.3) is 11.4 Å². The molecule has 30 heavy (non-hydrogen) atoms. The smallest absolute Gasteiger partial charge is 0.253 e. The maximum Gasteiger partial charge on any atom is 0.253 e. The average Bonchev–Trinajstić information content (AvgIpc) is 3.22. The fraction of sp³-hybridized carbons (Fsp3) is 0.348. The first-order valence-corrected chi connectivity index (χ1v) is 10.2. The summed E-state index contributed by atoms with van der Waals surface area (Å²) >= 11 is 0. The van der Waals surface area contributed by atoms with Crippen LogP contribution in [0.1, 0.15) is 41.9 Å². The standard InChI is InChI=1S/C23H25N3O4/c1-3-4-13-29-18-11-9-16(10-12-18)23(27)26-14-17(15-26)22-24-21(25-30-22)19-7-5-6-8-20(19)28-2/h5-12,17H,3-4,13-15H2,1-2H3. The topological polar surface area (TPSA) is 77.7 Å². The molecular formula is C23H25N3O4. The van der Waals surface area contributed by atoms with Gasteiger partial charge in [0.25, 0.3) is 5.91 Å². The van der Waals surface area contributed by atoms with Gasteiger partial charge in [-0.2, -0.15) is 4.98 Å². The normalized spacial score (nSPS) is 13.7. The highest BCUT2D eigenvalue weighted by Gasteiger charge is 2.36. The van der Waals surface area contributed by atoms with Gasteiger partial charge in [-0.15, -0.1) is 0 Å². The number of nitrogens with zero attached hydrogens (tertiary/aromatic N) is 3. The van der Waals surface area contributed by atoms with E-state index in [1.165, 1.54) is 0 Å². The first kappa shape index (κ1) is 19.9.